The second-order valence-corrected chi connectivity index (χ2v) is 14.3. The molecule has 7 heteroatoms. The summed E-state index contributed by atoms with van der Waals surface area (Å²) in [6, 6.07) is 46.4. The first kappa shape index (κ1) is 31.5. The van der Waals surface area contributed by atoms with Gasteiger partial charge in [0.25, 0.3) is 0 Å². The molecule has 0 aliphatic carbocycles. The molecule has 0 atom stereocenters. The van der Waals surface area contributed by atoms with Crippen LogP contribution in [0.2, 0.25) is 0 Å². The van der Waals surface area contributed by atoms with Gasteiger partial charge in [0.1, 0.15) is 22.3 Å². The normalized spacial score (nSPS) is 11.9. The maximum absolute atomic E-state index is 6.91. The van der Waals surface area contributed by atoms with E-state index in [1.807, 2.05) is 61.4 Å². The van der Waals surface area contributed by atoms with Crippen molar-refractivity contribution in [2.24, 2.45) is 0 Å². The van der Waals surface area contributed by atoms with Crippen LogP contribution in [0.4, 0.5) is 0 Å². The van der Waals surface area contributed by atoms with Crippen LogP contribution >= 0.6 is 0 Å². The summed E-state index contributed by atoms with van der Waals surface area (Å²) < 4.78 is 15.6. The van der Waals surface area contributed by atoms with Gasteiger partial charge in [0.2, 0.25) is 0 Å². The molecule has 0 spiro atoms. The Morgan fingerprint density at radius 3 is 1.95 bits per heavy atom. The van der Waals surface area contributed by atoms with E-state index in [1.54, 1.807) is 6.20 Å². The summed E-state index contributed by atoms with van der Waals surface area (Å²) in [5.74, 6) is 0. The highest BCUT2D eigenvalue weighted by molar-refractivity contribution is 6.15. The second-order valence-electron chi connectivity index (χ2n) is 14.3. The zero-order chi connectivity index (χ0) is 37.5. The van der Waals surface area contributed by atoms with Crippen molar-refractivity contribution in [3.8, 4) is 50.3 Å². The number of rotatable bonds is 5. The Labute approximate surface area is 325 Å². The first-order chi connectivity index (χ1) is 28.3. The van der Waals surface area contributed by atoms with Gasteiger partial charge in [0, 0.05) is 104 Å². The topological polar surface area (TPSA) is 82.8 Å². The summed E-state index contributed by atoms with van der Waals surface area (Å²) in [5, 5.41) is 6.20. The maximum Gasteiger partial charge on any atom is 0.146 e. The van der Waals surface area contributed by atoms with Gasteiger partial charge in [-0.25, -0.2) is 0 Å². The number of furan rings is 2. The highest BCUT2D eigenvalue weighted by atomic mass is 16.3. The minimum atomic E-state index is 0.795. The van der Waals surface area contributed by atoms with Gasteiger partial charge >= 0.3 is 0 Å². The van der Waals surface area contributed by atoms with E-state index in [9.17, 15) is 0 Å². The van der Waals surface area contributed by atoms with Crippen LogP contribution in [0.3, 0.4) is 0 Å². The average molecular weight is 732 g/mol. The molecular formula is C50H29N5O2. The molecule has 7 heterocycles. The fourth-order valence-electron chi connectivity index (χ4n) is 8.56. The van der Waals surface area contributed by atoms with E-state index in [0.717, 1.165) is 116 Å². The molecule has 0 fully saturated rings. The molecular weight excluding hydrogens is 703 g/mol. The number of fused-ring (bicyclic) bond motifs is 9. The van der Waals surface area contributed by atoms with Crippen molar-refractivity contribution in [2.45, 2.75) is 0 Å². The van der Waals surface area contributed by atoms with Gasteiger partial charge in [0.05, 0.1) is 16.7 Å². The summed E-state index contributed by atoms with van der Waals surface area (Å²) in [6.07, 6.45) is 13.0. The van der Waals surface area contributed by atoms with Crippen molar-refractivity contribution in [2.75, 3.05) is 0 Å². The summed E-state index contributed by atoms with van der Waals surface area (Å²) >= 11 is 0. The largest absolute Gasteiger partial charge is 0.455 e. The van der Waals surface area contributed by atoms with E-state index in [-0.39, 0.29) is 0 Å². The monoisotopic (exact) mass is 731 g/mol. The Bertz CT molecular complexity index is 3540. The fraction of sp³-hybridized carbons (Fsp3) is 0. The van der Waals surface area contributed by atoms with Crippen LogP contribution in [0.5, 0.6) is 0 Å². The second kappa shape index (κ2) is 12.3. The smallest absolute Gasteiger partial charge is 0.146 e. The highest BCUT2D eigenvalue weighted by Gasteiger charge is 2.20. The number of nitrogens with zero attached hydrogens (tertiary/aromatic N) is 5. The first-order valence-corrected chi connectivity index (χ1v) is 18.8. The van der Waals surface area contributed by atoms with E-state index in [2.05, 4.69) is 129 Å². The molecule has 0 unspecified atom stereocenters. The molecule has 12 aromatic rings. The average Bonchev–Trinajstić information content (AvgIpc) is 3.96. The quantitative estimate of drug-likeness (QED) is 0.175. The summed E-state index contributed by atoms with van der Waals surface area (Å²) in [4.78, 5) is 18.3. The van der Waals surface area contributed by atoms with Crippen molar-refractivity contribution in [3.63, 3.8) is 0 Å². The SMILES string of the molecule is c1ccc(-c2ccccc2-c2cccc3c2oc2c(-c4ccc5c(c4)c4ccccc4n5-c4cccc(-c5cncc6c5oc5ccncc56)c4)cncc23)nc1. The van der Waals surface area contributed by atoms with Gasteiger partial charge in [-0.3, -0.25) is 19.9 Å². The zero-order valence-corrected chi connectivity index (χ0v) is 30.3. The van der Waals surface area contributed by atoms with Crippen LogP contribution in [-0.4, -0.2) is 24.5 Å². The molecule has 7 aromatic heterocycles. The van der Waals surface area contributed by atoms with Crippen LogP contribution in [0.1, 0.15) is 0 Å². The van der Waals surface area contributed by atoms with Crippen LogP contribution in [-0.2, 0) is 0 Å². The van der Waals surface area contributed by atoms with E-state index < -0.39 is 0 Å². The van der Waals surface area contributed by atoms with E-state index >= 15 is 0 Å². The van der Waals surface area contributed by atoms with Crippen molar-refractivity contribution < 1.29 is 8.83 Å². The molecule has 0 radical (unpaired) electrons. The van der Waals surface area contributed by atoms with Crippen LogP contribution in [0, 0.1) is 0 Å². The molecule has 12 rings (SSSR count). The number of pyridine rings is 4. The van der Waals surface area contributed by atoms with E-state index in [0.29, 0.717) is 0 Å². The number of para-hydroxylation sites is 2. The summed E-state index contributed by atoms with van der Waals surface area (Å²) in [6.45, 7) is 0. The number of hydrogen-bond donors (Lipinski definition) is 0. The minimum Gasteiger partial charge on any atom is -0.455 e. The van der Waals surface area contributed by atoms with Crippen LogP contribution < -0.4 is 0 Å². The first-order valence-electron chi connectivity index (χ1n) is 18.8. The third kappa shape index (κ3) is 4.79. The number of hydrogen-bond acceptors (Lipinski definition) is 6. The molecule has 0 saturated heterocycles. The summed E-state index contributed by atoms with van der Waals surface area (Å²) in [7, 11) is 0. The van der Waals surface area contributed by atoms with E-state index in [4.69, 9.17) is 13.8 Å². The molecule has 5 aromatic carbocycles. The van der Waals surface area contributed by atoms with Crippen molar-refractivity contribution in [1.82, 2.24) is 24.5 Å². The lowest BCUT2D eigenvalue weighted by Gasteiger charge is -2.11. The van der Waals surface area contributed by atoms with Gasteiger partial charge in [-0.1, -0.05) is 84.9 Å². The highest BCUT2D eigenvalue weighted by Crippen LogP contribution is 2.43. The predicted molar refractivity (Wildman–Crippen MR) is 228 cm³/mol. The Morgan fingerprint density at radius 2 is 1.07 bits per heavy atom. The van der Waals surface area contributed by atoms with Gasteiger partial charge in [-0.15, -0.1) is 0 Å². The minimum absolute atomic E-state index is 0.795. The lowest BCUT2D eigenvalue weighted by Crippen LogP contribution is -1.94. The maximum atomic E-state index is 6.91. The number of aromatic nitrogens is 5. The van der Waals surface area contributed by atoms with Crippen molar-refractivity contribution in [3.05, 3.63) is 177 Å². The third-order valence-corrected chi connectivity index (χ3v) is 11.1. The Kier molecular flexibility index (Phi) is 6.79. The molecule has 0 aliphatic rings. The molecule has 0 saturated carbocycles. The van der Waals surface area contributed by atoms with Crippen molar-refractivity contribution in [1.29, 1.82) is 0 Å². The third-order valence-electron chi connectivity index (χ3n) is 11.1. The zero-order valence-electron chi connectivity index (χ0n) is 30.3. The molecule has 7 nitrogen and oxygen atoms in total. The fourth-order valence-corrected chi connectivity index (χ4v) is 8.56. The molecule has 0 N–H and O–H groups in total. The van der Waals surface area contributed by atoms with Gasteiger partial charge in [-0.05, 0) is 65.2 Å². The Balaban J connectivity index is 1.01. The lowest BCUT2D eigenvalue weighted by atomic mass is 9.95. The standard InChI is InChI=1S/C50H29N5O2/c1-2-12-34(44-16-5-6-21-54-44)33(11-1)36-14-8-15-37-42-28-52-26-40(50(42)57-48(36)37)31-18-19-46-38(24-31)35-13-3-4-17-45(35)55(46)32-10-7-9-30(23-32)39-25-53-29-43-41-27-51-22-20-47(41)56-49(39)43/h1-29H. The van der Waals surface area contributed by atoms with Gasteiger partial charge < -0.3 is 13.4 Å². The molecule has 0 bridgehead atoms. The van der Waals surface area contributed by atoms with Gasteiger partial charge in [-0.2, -0.15) is 0 Å². The van der Waals surface area contributed by atoms with E-state index in [1.165, 1.54) is 0 Å². The Morgan fingerprint density at radius 1 is 0.386 bits per heavy atom. The van der Waals surface area contributed by atoms with Gasteiger partial charge in [0.15, 0.2) is 0 Å². The van der Waals surface area contributed by atoms with Crippen LogP contribution in [0.25, 0.3) is 116 Å². The van der Waals surface area contributed by atoms with Crippen LogP contribution in [0.15, 0.2) is 186 Å². The Hall–Kier alpha value is -7.90. The molecule has 0 aliphatic heterocycles. The predicted octanol–water partition coefficient (Wildman–Crippen LogP) is 12.8. The lowest BCUT2D eigenvalue weighted by molar-refractivity contribution is 0.669. The number of benzene rings is 5. The van der Waals surface area contributed by atoms with Crippen molar-refractivity contribution >= 4 is 65.7 Å². The summed E-state index contributed by atoms with van der Waals surface area (Å²) in [5.41, 5.74) is 14.5. The molecule has 57 heavy (non-hydrogen) atoms. The molecule has 266 valence electrons. The molecule has 0 amide bonds.